The molecule has 1 aromatic rings. The summed E-state index contributed by atoms with van der Waals surface area (Å²) >= 11 is 0. The molecule has 1 heterocycles. The fraction of sp³-hybridized carbons (Fsp3) is 0.545. The molecular weight excluding hydrogens is 179 g/mol. The SMILES string of the molecule is Cc1ccncc1C(F)(CN)C(C)C. The zero-order valence-corrected chi connectivity index (χ0v) is 8.92. The second kappa shape index (κ2) is 4.05. The van der Waals surface area contributed by atoms with E-state index in [1.165, 1.54) is 0 Å². The van der Waals surface area contributed by atoms with E-state index in [0.29, 0.717) is 5.56 Å². The highest BCUT2D eigenvalue weighted by Gasteiger charge is 2.35. The summed E-state index contributed by atoms with van der Waals surface area (Å²) in [6.07, 6.45) is 3.23. The van der Waals surface area contributed by atoms with Gasteiger partial charge < -0.3 is 5.73 Å². The van der Waals surface area contributed by atoms with Crippen LogP contribution in [0.1, 0.15) is 25.0 Å². The third-order valence-corrected chi connectivity index (χ3v) is 2.70. The first-order valence-corrected chi connectivity index (χ1v) is 4.82. The van der Waals surface area contributed by atoms with Crippen molar-refractivity contribution in [2.45, 2.75) is 26.4 Å². The lowest BCUT2D eigenvalue weighted by molar-refractivity contribution is 0.108. The van der Waals surface area contributed by atoms with Gasteiger partial charge in [0.25, 0.3) is 0 Å². The number of aryl methyl sites for hydroxylation is 1. The molecule has 0 aliphatic rings. The van der Waals surface area contributed by atoms with Crippen molar-refractivity contribution in [3.8, 4) is 0 Å². The number of aromatic nitrogens is 1. The van der Waals surface area contributed by atoms with Crippen molar-refractivity contribution in [2.24, 2.45) is 11.7 Å². The Morgan fingerprint density at radius 1 is 1.57 bits per heavy atom. The van der Waals surface area contributed by atoms with Gasteiger partial charge in [-0.15, -0.1) is 0 Å². The van der Waals surface area contributed by atoms with Crippen molar-refractivity contribution in [3.05, 3.63) is 29.6 Å². The first-order valence-electron chi connectivity index (χ1n) is 4.82. The standard InChI is InChI=1S/C11H17FN2/c1-8(2)11(12,7-13)10-6-14-5-4-9(10)3/h4-6,8H,7,13H2,1-3H3. The Balaban J connectivity index is 3.19. The van der Waals surface area contributed by atoms with Crippen molar-refractivity contribution in [1.82, 2.24) is 4.98 Å². The summed E-state index contributed by atoms with van der Waals surface area (Å²) in [5, 5.41) is 0. The summed E-state index contributed by atoms with van der Waals surface area (Å²) in [7, 11) is 0. The van der Waals surface area contributed by atoms with Crippen molar-refractivity contribution in [1.29, 1.82) is 0 Å². The van der Waals surface area contributed by atoms with Crippen molar-refractivity contribution in [3.63, 3.8) is 0 Å². The molecule has 78 valence electrons. The van der Waals surface area contributed by atoms with E-state index >= 15 is 0 Å². The van der Waals surface area contributed by atoms with Gasteiger partial charge in [0, 0.05) is 24.5 Å². The molecule has 0 saturated heterocycles. The number of nitrogens with zero attached hydrogens (tertiary/aromatic N) is 1. The topological polar surface area (TPSA) is 38.9 Å². The van der Waals surface area contributed by atoms with Crippen LogP contribution >= 0.6 is 0 Å². The van der Waals surface area contributed by atoms with E-state index in [1.54, 1.807) is 12.4 Å². The number of hydrogen-bond acceptors (Lipinski definition) is 2. The van der Waals surface area contributed by atoms with Crippen LogP contribution in [0.15, 0.2) is 18.5 Å². The van der Waals surface area contributed by atoms with Crippen molar-refractivity contribution in [2.75, 3.05) is 6.54 Å². The number of nitrogens with two attached hydrogens (primary N) is 1. The second-order valence-electron chi connectivity index (χ2n) is 3.91. The molecule has 1 rings (SSSR count). The van der Waals surface area contributed by atoms with E-state index in [0.717, 1.165) is 5.56 Å². The molecule has 0 spiro atoms. The van der Waals surface area contributed by atoms with Crippen LogP contribution in [-0.4, -0.2) is 11.5 Å². The Hall–Kier alpha value is -0.960. The summed E-state index contributed by atoms with van der Waals surface area (Å²) in [6, 6.07) is 1.81. The molecule has 0 saturated carbocycles. The minimum Gasteiger partial charge on any atom is -0.327 e. The maximum atomic E-state index is 14.5. The Bertz CT molecular complexity index is 312. The van der Waals surface area contributed by atoms with Gasteiger partial charge in [0.05, 0.1) is 0 Å². The van der Waals surface area contributed by atoms with Gasteiger partial charge in [-0.05, 0) is 24.5 Å². The first-order chi connectivity index (χ1) is 6.52. The van der Waals surface area contributed by atoms with E-state index in [4.69, 9.17) is 5.73 Å². The van der Waals surface area contributed by atoms with Gasteiger partial charge >= 0.3 is 0 Å². The lowest BCUT2D eigenvalue weighted by Crippen LogP contribution is -2.36. The third kappa shape index (κ3) is 1.77. The second-order valence-corrected chi connectivity index (χ2v) is 3.91. The number of alkyl halides is 1. The number of rotatable bonds is 3. The van der Waals surface area contributed by atoms with Crippen LogP contribution in [-0.2, 0) is 5.67 Å². The third-order valence-electron chi connectivity index (χ3n) is 2.70. The molecule has 1 atom stereocenters. The Morgan fingerprint density at radius 3 is 2.64 bits per heavy atom. The molecule has 2 nitrogen and oxygen atoms in total. The number of halogens is 1. The number of pyridine rings is 1. The predicted molar refractivity (Wildman–Crippen MR) is 55.7 cm³/mol. The molecule has 1 unspecified atom stereocenters. The van der Waals surface area contributed by atoms with Crippen molar-refractivity contribution >= 4 is 0 Å². The average molecular weight is 196 g/mol. The largest absolute Gasteiger partial charge is 0.327 e. The monoisotopic (exact) mass is 196 g/mol. The molecule has 1 aromatic heterocycles. The lowest BCUT2D eigenvalue weighted by Gasteiger charge is -2.29. The molecule has 0 fully saturated rings. The van der Waals surface area contributed by atoms with Crippen LogP contribution in [0.4, 0.5) is 4.39 Å². The highest BCUT2D eigenvalue weighted by Crippen LogP contribution is 2.34. The van der Waals surface area contributed by atoms with Crippen molar-refractivity contribution < 1.29 is 4.39 Å². The summed E-state index contributed by atoms with van der Waals surface area (Å²) in [4.78, 5) is 3.95. The fourth-order valence-electron chi connectivity index (χ4n) is 1.56. The smallest absolute Gasteiger partial charge is 0.152 e. The Labute approximate surface area is 84.3 Å². The fourth-order valence-corrected chi connectivity index (χ4v) is 1.56. The molecule has 0 radical (unpaired) electrons. The molecule has 0 amide bonds. The van der Waals surface area contributed by atoms with Gasteiger partial charge in [0.1, 0.15) is 0 Å². The van der Waals surface area contributed by atoms with Crippen LogP contribution in [0, 0.1) is 12.8 Å². The predicted octanol–water partition coefficient (Wildman–Crippen LogP) is 2.17. The summed E-state index contributed by atoms with van der Waals surface area (Å²) in [5.74, 6) is -0.143. The highest BCUT2D eigenvalue weighted by atomic mass is 19.1. The lowest BCUT2D eigenvalue weighted by atomic mass is 9.84. The average Bonchev–Trinajstić information content (AvgIpc) is 2.17. The van der Waals surface area contributed by atoms with E-state index in [9.17, 15) is 4.39 Å². The Morgan fingerprint density at radius 2 is 2.21 bits per heavy atom. The zero-order valence-electron chi connectivity index (χ0n) is 8.92. The molecule has 0 aliphatic carbocycles. The maximum Gasteiger partial charge on any atom is 0.152 e. The van der Waals surface area contributed by atoms with Gasteiger partial charge in [-0.1, -0.05) is 13.8 Å². The maximum absolute atomic E-state index is 14.5. The van der Waals surface area contributed by atoms with Gasteiger partial charge in [-0.2, -0.15) is 0 Å². The van der Waals surface area contributed by atoms with Crippen LogP contribution in [0.25, 0.3) is 0 Å². The van der Waals surface area contributed by atoms with E-state index in [2.05, 4.69) is 4.98 Å². The quantitative estimate of drug-likeness (QED) is 0.804. The van der Waals surface area contributed by atoms with Gasteiger partial charge in [-0.25, -0.2) is 4.39 Å². The molecule has 3 heteroatoms. The molecule has 0 aromatic carbocycles. The van der Waals surface area contributed by atoms with E-state index < -0.39 is 5.67 Å². The zero-order chi connectivity index (χ0) is 10.8. The summed E-state index contributed by atoms with van der Waals surface area (Å²) in [6.45, 7) is 5.54. The number of hydrogen-bond donors (Lipinski definition) is 1. The summed E-state index contributed by atoms with van der Waals surface area (Å²) in [5.41, 5.74) is 5.56. The molecule has 2 N–H and O–H groups in total. The Kier molecular flexibility index (Phi) is 3.21. The van der Waals surface area contributed by atoms with E-state index in [-0.39, 0.29) is 12.5 Å². The normalized spacial score (nSPS) is 15.6. The molecular formula is C11H17FN2. The van der Waals surface area contributed by atoms with Crippen LogP contribution in [0.5, 0.6) is 0 Å². The first kappa shape index (κ1) is 11.1. The van der Waals surface area contributed by atoms with Gasteiger partial charge in [0.2, 0.25) is 0 Å². The van der Waals surface area contributed by atoms with E-state index in [1.807, 2.05) is 26.8 Å². The molecule has 14 heavy (non-hydrogen) atoms. The van der Waals surface area contributed by atoms with Crippen LogP contribution in [0.2, 0.25) is 0 Å². The van der Waals surface area contributed by atoms with Gasteiger partial charge in [-0.3, -0.25) is 4.98 Å². The highest BCUT2D eigenvalue weighted by molar-refractivity contribution is 5.29. The minimum atomic E-state index is -1.46. The molecule has 0 aliphatic heterocycles. The van der Waals surface area contributed by atoms with Crippen LogP contribution < -0.4 is 5.73 Å². The van der Waals surface area contributed by atoms with Crippen LogP contribution in [0.3, 0.4) is 0 Å². The summed E-state index contributed by atoms with van der Waals surface area (Å²) < 4.78 is 14.5. The minimum absolute atomic E-state index is 0.00278. The van der Waals surface area contributed by atoms with Gasteiger partial charge in [0.15, 0.2) is 5.67 Å². The molecule has 0 bridgehead atoms.